The number of nitrogens with zero attached hydrogens (tertiary/aromatic N) is 2. The van der Waals surface area contributed by atoms with Gasteiger partial charge in [0.1, 0.15) is 6.04 Å². The number of nitrogens with one attached hydrogen (secondary N) is 1. The lowest BCUT2D eigenvalue weighted by molar-refractivity contribution is -0.144. The quantitative estimate of drug-likeness (QED) is 0.770. The van der Waals surface area contributed by atoms with E-state index >= 15 is 0 Å². The molecule has 1 aromatic heterocycles. The van der Waals surface area contributed by atoms with Gasteiger partial charge in [-0.3, -0.25) is 4.98 Å². The fourth-order valence-electron chi connectivity index (χ4n) is 2.00. The summed E-state index contributed by atoms with van der Waals surface area (Å²) in [7, 11) is 0. The van der Waals surface area contributed by atoms with Crippen molar-refractivity contribution in [1.82, 2.24) is 10.3 Å². The first-order valence-electron chi connectivity index (χ1n) is 5.87. The van der Waals surface area contributed by atoms with Crippen molar-refractivity contribution in [3.8, 4) is 0 Å². The lowest BCUT2D eigenvalue weighted by Crippen LogP contribution is -2.55. The fraction of sp³-hybridized carbons (Fsp3) is 0.500. The first-order chi connectivity index (χ1) is 8.33. The smallest absolute Gasteiger partial charge is 0.330 e. The summed E-state index contributed by atoms with van der Waals surface area (Å²) >= 11 is 0. The Bertz CT molecular complexity index is 369. The van der Waals surface area contributed by atoms with E-state index in [0.29, 0.717) is 13.2 Å². The molecule has 0 bridgehead atoms. The van der Waals surface area contributed by atoms with Gasteiger partial charge in [-0.25, -0.2) is 4.79 Å². The molecule has 1 atom stereocenters. The predicted octanol–water partition coefficient (Wildman–Crippen LogP) is 0.423. The Hall–Kier alpha value is -1.62. The zero-order chi connectivity index (χ0) is 12.1. The summed E-state index contributed by atoms with van der Waals surface area (Å²) in [4.78, 5) is 17.9. The Morgan fingerprint density at radius 1 is 1.59 bits per heavy atom. The third-order valence-corrected chi connectivity index (χ3v) is 2.80. The number of carbonyl (C=O) groups is 1. The molecule has 1 aromatic rings. The topological polar surface area (TPSA) is 54.5 Å². The molecular weight excluding hydrogens is 218 g/mol. The number of piperazine rings is 1. The lowest BCUT2D eigenvalue weighted by Gasteiger charge is -2.36. The number of hydrogen-bond acceptors (Lipinski definition) is 5. The summed E-state index contributed by atoms with van der Waals surface area (Å²) in [5, 5.41) is 3.22. The summed E-state index contributed by atoms with van der Waals surface area (Å²) in [6.07, 6.45) is 3.47. The molecule has 1 aliphatic heterocycles. The molecule has 0 saturated carbocycles. The molecule has 17 heavy (non-hydrogen) atoms. The minimum atomic E-state index is -0.244. The van der Waals surface area contributed by atoms with Crippen LogP contribution in [0.3, 0.4) is 0 Å². The molecule has 0 radical (unpaired) electrons. The monoisotopic (exact) mass is 235 g/mol. The summed E-state index contributed by atoms with van der Waals surface area (Å²) in [6.45, 7) is 4.54. The number of ether oxygens (including phenoxy) is 1. The van der Waals surface area contributed by atoms with Gasteiger partial charge < -0.3 is 15.0 Å². The molecule has 1 saturated heterocycles. The molecule has 0 aromatic carbocycles. The van der Waals surface area contributed by atoms with Gasteiger partial charge in [-0.05, 0) is 19.1 Å². The first-order valence-corrected chi connectivity index (χ1v) is 5.87. The maximum absolute atomic E-state index is 11.9. The molecule has 0 amide bonds. The third kappa shape index (κ3) is 2.74. The highest BCUT2D eigenvalue weighted by atomic mass is 16.5. The number of esters is 1. The molecule has 1 fully saturated rings. The molecule has 2 heterocycles. The van der Waals surface area contributed by atoms with Crippen LogP contribution < -0.4 is 10.2 Å². The Kier molecular flexibility index (Phi) is 3.93. The van der Waals surface area contributed by atoms with Crippen LogP contribution in [-0.2, 0) is 9.53 Å². The van der Waals surface area contributed by atoms with E-state index in [9.17, 15) is 4.79 Å². The van der Waals surface area contributed by atoms with Crippen LogP contribution >= 0.6 is 0 Å². The van der Waals surface area contributed by atoms with Crippen molar-refractivity contribution in [3.63, 3.8) is 0 Å². The van der Waals surface area contributed by atoms with E-state index in [-0.39, 0.29) is 12.0 Å². The Morgan fingerprint density at radius 2 is 2.35 bits per heavy atom. The molecule has 1 unspecified atom stereocenters. The molecular formula is C12H17N3O2. The van der Waals surface area contributed by atoms with Crippen LogP contribution in [0.5, 0.6) is 0 Å². The van der Waals surface area contributed by atoms with E-state index < -0.39 is 0 Å². The number of hydrogen-bond donors (Lipinski definition) is 1. The van der Waals surface area contributed by atoms with Crippen LogP contribution in [0.4, 0.5) is 5.69 Å². The maximum atomic E-state index is 11.9. The van der Waals surface area contributed by atoms with Gasteiger partial charge in [0.2, 0.25) is 0 Å². The Balaban J connectivity index is 2.15. The van der Waals surface area contributed by atoms with Crippen molar-refractivity contribution in [3.05, 3.63) is 24.5 Å². The number of anilines is 1. The number of pyridine rings is 1. The second kappa shape index (κ2) is 5.63. The molecule has 2 rings (SSSR count). The highest BCUT2D eigenvalue weighted by Gasteiger charge is 2.29. The fourth-order valence-corrected chi connectivity index (χ4v) is 2.00. The van der Waals surface area contributed by atoms with Crippen LogP contribution in [-0.4, -0.2) is 43.2 Å². The van der Waals surface area contributed by atoms with Gasteiger partial charge in [0.25, 0.3) is 0 Å². The van der Waals surface area contributed by atoms with E-state index in [1.54, 1.807) is 12.4 Å². The third-order valence-electron chi connectivity index (χ3n) is 2.80. The molecule has 0 spiro atoms. The first kappa shape index (κ1) is 11.9. The molecule has 5 nitrogen and oxygen atoms in total. The molecule has 92 valence electrons. The highest BCUT2D eigenvalue weighted by Crippen LogP contribution is 2.17. The Morgan fingerprint density at radius 3 is 3.06 bits per heavy atom. The molecule has 5 heteroatoms. The SMILES string of the molecule is CCOC(=O)C1CNCCN1c1ccncc1. The maximum Gasteiger partial charge on any atom is 0.330 e. The van der Waals surface area contributed by atoms with E-state index in [4.69, 9.17) is 4.74 Å². The van der Waals surface area contributed by atoms with Gasteiger partial charge in [-0.2, -0.15) is 0 Å². The summed E-state index contributed by atoms with van der Waals surface area (Å²) in [5.41, 5.74) is 1.01. The van der Waals surface area contributed by atoms with E-state index in [2.05, 4.69) is 15.2 Å². The van der Waals surface area contributed by atoms with Gasteiger partial charge in [0.05, 0.1) is 6.61 Å². The highest BCUT2D eigenvalue weighted by molar-refractivity contribution is 5.80. The zero-order valence-electron chi connectivity index (χ0n) is 9.93. The van der Waals surface area contributed by atoms with Gasteiger partial charge in [-0.1, -0.05) is 0 Å². The second-order valence-corrected chi connectivity index (χ2v) is 3.87. The van der Waals surface area contributed by atoms with Gasteiger partial charge in [0.15, 0.2) is 0 Å². The van der Waals surface area contributed by atoms with Crippen LogP contribution in [0, 0.1) is 0 Å². The van der Waals surface area contributed by atoms with Crippen molar-refractivity contribution in [2.45, 2.75) is 13.0 Å². The van der Waals surface area contributed by atoms with Crippen molar-refractivity contribution >= 4 is 11.7 Å². The average molecular weight is 235 g/mol. The normalized spacial score (nSPS) is 20.1. The van der Waals surface area contributed by atoms with Crippen molar-refractivity contribution in [1.29, 1.82) is 0 Å². The number of carbonyl (C=O) groups excluding carboxylic acids is 1. The van der Waals surface area contributed by atoms with Crippen LogP contribution in [0.1, 0.15) is 6.92 Å². The molecule has 0 aliphatic carbocycles. The predicted molar refractivity (Wildman–Crippen MR) is 64.9 cm³/mol. The van der Waals surface area contributed by atoms with Crippen LogP contribution in [0.15, 0.2) is 24.5 Å². The van der Waals surface area contributed by atoms with E-state index in [1.165, 1.54) is 0 Å². The number of rotatable bonds is 3. The minimum absolute atomic E-state index is 0.170. The van der Waals surface area contributed by atoms with Crippen molar-refractivity contribution in [2.75, 3.05) is 31.1 Å². The van der Waals surface area contributed by atoms with E-state index in [0.717, 1.165) is 18.8 Å². The van der Waals surface area contributed by atoms with Gasteiger partial charge >= 0.3 is 5.97 Å². The summed E-state index contributed by atoms with van der Waals surface area (Å²) in [6, 6.07) is 3.58. The average Bonchev–Trinajstić information content (AvgIpc) is 2.40. The van der Waals surface area contributed by atoms with Crippen LogP contribution in [0.25, 0.3) is 0 Å². The minimum Gasteiger partial charge on any atom is -0.464 e. The van der Waals surface area contributed by atoms with Crippen molar-refractivity contribution in [2.24, 2.45) is 0 Å². The second-order valence-electron chi connectivity index (χ2n) is 3.87. The van der Waals surface area contributed by atoms with Crippen LogP contribution in [0.2, 0.25) is 0 Å². The van der Waals surface area contributed by atoms with E-state index in [1.807, 2.05) is 19.1 Å². The van der Waals surface area contributed by atoms with Crippen molar-refractivity contribution < 1.29 is 9.53 Å². The summed E-state index contributed by atoms with van der Waals surface area (Å²) in [5.74, 6) is -0.170. The molecule has 1 N–H and O–H groups in total. The van der Waals surface area contributed by atoms with Gasteiger partial charge in [-0.15, -0.1) is 0 Å². The lowest BCUT2D eigenvalue weighted by atomic mass is 10.1. The largest absolute Gasteiger partial charge is 0.464 e. The standard InChI is InChI=1S/C12H17N3O2/c1-2-17-12(16)11-9-14-7-8-15(11)10-3-5-13-6-4-10/h3-6,11,14H,2,7-9H2,1H3. The summed E-state index contributed by atoms with van der Waals surface area (Å²) < 4.78 is 5.10. The zero-order valence-corrected chi connectivity index (χ0v) is 9.93. The van der Waals surface area contributed by atoms with Gasteiger partial charge in [0, 0.05) is 37.7 Å². The molecule has 1 aliphatic rings. The Labute approximate surface area is 101 Å². The number of aromatic nitrogens is 1.